The van der Waals surface area contributed by atoms with Crippen molar-refractivity contribution in [2.45, 2.75) is 76.9 Å². The fraction of sp³-hybridized carbons (Fsp3) is 0.905. The molecule has 8 atom stereocenters. The summed E-state index contributed by atoms with van der Waals surface area (Å²) in [7, 11) is 0. The van der Waals surface area contributed by atoms with Crippen LogP contribution in [0.4, 0.5) is 0 Å². The third-order valence-electron chi connectivity index (χ3n) is 9.06. The van der Waals surface area contributed by atoms with E-state index in [4.69, 9.17) is 0 Å². The van der Waals surface area contributed by atoms with Gasteiger partial charge in [-0.3, -0.25) is 9.59 Å². The second-order valence-electron chi connectivity index (χ2n) is 9.97. The number of carbonyl (C=O) groups excluding carboxylic acids is 2. The smallest absolute Gasteiger partial charge is 0.175 e. The molecule has 0 spiro atoms. The molecule has 0 saturated heterocycles. The van der Waals surface area contributed by atoms with Crippen molar-refractivity contribution in [3.05, 3.63) is 0 Å². The Balaban J connectivity index is 1.70. The molecular weight excluding hydrogens is 396 g/mol. The van der Waals surface area contributed by atoms with Crippen LogP contribution in [0.1, 0.15) is 65.2 Å². The number of rotatable bonds is 2. The summed E-state index contributed by atoms with van der Waals surface area (Å²) < 4.78 is 0. The van der Waals surface area contributed by atoms with E-state index in [1.165, 1.54) is 0 Å². The van der Waals surface area contributed by atoms with Crippen molar-refractivity contribution in [1.29, 1.82) is 0 Å². The molecule has 4 aliphatic carbocycles. The largest absolute Gasteiger partial charge is 0.393 e. The Morgan fingerprint density at radius 3 is 2.62 bits per heavy atom. The molecule has 0 amide bonds. The first-order chi connectivity index (χ1) is 12.2. The molecule has 2 N–H and O–H groups in total. The minimum absolute atomic E-state index is 0.0271. The molecule has 0 aromatic rings. The number of ketones is 2. The summed E-state index contributed by atoms with van der Waals surface area (Å²) in [6, 6.07) is 0. The van der Waals surface area contributed by atoms with Gasteiger partial charge in [-0.05, 0) is 68.1 Å². The number of aliphatic hydroxyl groups is 2. The number of fused-ring (bicyclic) bond motifs is 5. The van der Waals surface area contributed by atoms with Gasteiger partial charge in [0.05, 0.1) is 11.4 Å². The van der Waals surface area contributed by atoms with Crippen molar-refractivity contribution in [3.8, 4) is 0 Å². The first-order valence-corrected chi connectivity index (χ1v) is 11.3. The van der Waals surface area contributed by atoms with E-state index in [-0.39, 0.29) is 46.2 Å². The van der Waals surface area contributed by atoms with Gasteiger partial charge in [-0.25, -0.2) is 0 Å². The van der Waals surface area contributed by atoms with E-state index in [1.54, 1.807) is 0 Å². The molecule has 26 heavy (non-hydrogen) atoms. The van der Waals surface area contributed by atoms with Crippen molar-refractivity contribution < 1.29 is 19.8 Å². The predicted octanol–water partition coefficient (Wildman–Crippen LogP) is 3.26. The number of hydrogen-bond donors (Lipinski definition) is 2. The molecule has 0 aliphatic heterocycles. The molecule has 0 aromatic heterocycles. The number of carbonyl (C=O) groups is 2. The number of Topliss-reactive ketones (excluding diaryl/α,β-unsaturated/α-hetero) is 2. The van der Waals surface area contributed by atoms with E-state index in [0.717, 1.165) is 38.5 Å². The van der Waals surface area contributed by atoms with Crippen molar-refractivity contribution in [1.82, 2.24) is 0 Å². The third kappa shape index (κ3) is 2.32. The van der Waals surface area contributed by atoms with Crippen LogP contribution in [0.2, 0.25) is 0 Å². The Kier molecular flexibility index (Phi) is 4.49. The predicted molar refractivity (Wildman–Crippen MR) is 102 cm³/mol. The van der Waals surface area contributed by atoms with E-state index < -0.39 is 11.0 Å². The van der Waals surface area contributed by atoms with Crippen LogP contribution in [0.3, 0.4) is 0 Å². The average molecular weight is 427 g/mol. The summed E-state index contributed by atoms with van der Waals surface area (Å²) in [6.45, 7) is 4.25. The number of alkyl halides is 1. The Labute approximate surface area is 164 Å². The molecule has 4 saturated carbocycles. The molecular formula is C21H31BrO4. The van der Waals surface area contributed by atoms with Gasteiger partial charge < -0.3 is 10.2 Å². The normalized spacial score (nSPS) is 53.6. The maximum absolute atomic E-state index is 13.4. The molecule has 4 fully saturated rings. The van der Waals surface area contributed by atoms with Crippen molar-refractivity contribution in [2.24, 2.45) is 34.5 Å². The third-order valence-corrected chi connectivity index (χ3v) is 9.57. The highest BCUT2D eigenvalue weighted by molar-refractivity contribution is 9.09. The van der Waals surface area contributed by atoms with Gasteiger partial charge in [0.15, 0.2) is 5.78 Å². The second-order valence-corrected chi connectivity index (χ2v) is 10.5. The summed E-state index contributed by atoms with van der Waals surface area (Å²) in [5, 5.41) is 21.5. The molecule has 146 valence electrons. The zero-order valence-corrected chi connectivity index (χ0v) is 17.4. The molecule has 0 bridgehead atoms. The van der Waals surface area contributed by atoms with Crippen LogP contribution in [0, 0.1) is 34.5 Å². The fourth-order valence-electron chi connectivity index (χ4n) is 7.62. The molecule has 4 nitrogen and oxygen atoms in total. The Hall–Kier alpha value is -0.260. The lowest BCUT2D eigenvalue weighted by atomic mass is 9.44. The topological polar surface area (TPSA) is 74.6 Å². The van der Waals surface area contributed by atoms with Gasteiger partial charge >= 0.3 is 0 Å². The summed E-state index contributed by atoms with van der Waals surface area (Å²) in [4.78, 5) is 26.0. The first-order valence-electron chi connectivity index (χ1n) is 10.2. The van der Waals surface area contributed by atoms with Crippen LogP contribution >= 0.6 is 15.9 Å². The molecule has 7 unspecified atom stereocenters. The Bertz CT molecular complexity index is 636. The van der Waals surface area contributed by atoms with Crippen LogP contribution in [-0.2, 0) is 9.59 Å². The average Bonchev–Trinajstić information content (AvgIpc) is 2.86. The number of hydrogen-bond acceptors (Lipinski definition) is 4. The molecule has 5 heteroatoms. The van der Waals surface area contributed by atoms with E-state index in [0.29, 0.717) is 18.8 Å². The van der Waals surface area contributed by atoms with Crippen molar-refractivity contribution in [2.75, 3.05) is 5.33 Å². The molecule has 4 rings (SSSR count). The highest BCUT2D eigenvalue weighted by atomic mass is 79.9. The van der Waals surface area contributed by atoms with Gasteiger partial charge in [0.2, 0.25) is 0 Å². The summed E-state index contributed by atoms with van der Waals surface area (Å²) in [6.07, 6.45) is 5.98. The minimum atomic E-state index is -1.37. The monoisotopic (exact) mass is 426 g/mol. The molecule has 4 aliphatic rings. The lowest BCUT2D eigenvalue weighted by Gasteiger charge is -2.60. The van der Waals surface area contributed by atoms with Gasteiger partial charge in [-0.2, -0.15) is 0 Å². The van der Waals surface area contributed by atoms with Crippen LogP contribution in [0.25, 0.3) is 0 Å². The van der Waals surface area contributed by atoms with Gasteiger partial charge in [-0.15, -0.1) is 0 Å². The van der Waals surface area contributed by atoms with Gasteiger partial charge in [0.25, 0.3) is 0 Å². The molecule has 0 heterocycles. The van der Waals surface area contributed by atoms with Gasteiger partial charge in [0, 0.05) is 17.8 Å². The minimum Gasteiger partial charge on any atom is -0.393 e. The van der Waals surface area contributed by atoms with Crippen LogP contribution in [0.15, 0.2) is 0 Å². The maximum Gasteiger partial charge on any atom is 0.175 e. The number of aliphatic hydroxyl groups excluding tert-OH is 1. The van der Waals surface area contributed by atoms with Crippen LogP contribution in [-0.4, -0.2) is 38.8 Å². The SMILES string of the molecule is CC12CCC(O)C[C@@H]1CCC1C2C(=O)CC2(C)C1CCC2(O)C(=O)CBr. The van der Waals surface area contributed by atoms with E-state index >= 15 is 0 Å². The second kappa shape index (κ2) is 6.12. The van der Waals surface area contributed by atoms with Gasteiger partial charge in [0.1, 0.15) is 11.4 Å². The Morgan fingerprint density at radius 2 is 1.92 bits per heavy atom. The highest BCUT2D eigenvalue weighted by Gasteiger charge is 2.68. The standard InChI is InChI=1S/C21H31BrO4/c1-19-7-5-13(23)9-12(19)3-4-14-15-6-8-21(26,17(25)11-22)20(15,2)10-16(24)18(14)19/h12-15,18,23,26H,3-11H2,1-2H3/t12-,13?,14?,15?,18?,19?,20?,21?/m0/s1. The lowest BCUT2D eigenvalue weighted by molar-refractivity contribution is -0.177. The van der Waals surface area contributed by atoms with E-state index in [9.17, 15) is 19.8 Å². The van der Waals surface area contributed by atoms with E-state index in [1.807, 2.05) is 6.92 Å². The summed E-state index contributed by atoms with van der Waals surface area (Å²) in [5.41, 5.74) is -2.03. The molecule has 0 aromatic carbocycles. The number of halogens is 1. The summed E-state index contributed by atoms with van der Waals surface area (Å²) in [5.74, 6) is 1.05. The first kappa shape index (κ1) is 19.1. The fourth-order valence-corrected chi connectivity index (χ4v) is 8.09. The highest BCUT2D eigenvalue weighted by Crippen LogP contribution is 2.67. The Morgan fingerprint density at radius 1 is 1.19 bits per heavy atom. The van der Waals surface area contributed by atoms with Crippen LogP contribution in [0.5, 0.6) is 0 Å². The van der Waals surface area contributed by atoms with Gasteiger partial charge in [-0.1, -0.05) is 29.8 Å². The van der Waals surface area contributed by atoms with Crippen molar-refractivity contribution in [3.63, 3.8) is 0 Å². The molecule has 0 radical (unpaired) electrons. The quantitative estimate of drug-likeness (QED) is 0.664. The zero-order valence-electron chi connectivity index (χ0n) is 15.8. The zero-order chi connectivity index (χ0) is 18.9. The van der Waals surface area contributed by atoms with Crippen LogP contribution < -0.4 is 0 Å². The van der Waals surface area contributed by atoms with Crippen molar-refractivity contribution >= 4 is 27.5 Å². The van der Waals surface area contributed by atoms with E-state index in [2.05, 4.69) is 22.9 Å². The summed E-state index contributed by atoms with van der Waals surface area (Å²) >= 11 is 3.23. The lowest BCUT2D eigenvalue weighted by Crippen LogP contribution is -2.62. The maximum atomic E-state index is 13.4.